The van der Waals surface area contributed by atoms with Crippen molar-refractivity contribution in [3.05, 3.63) is 52.5 Å². The molecule has 0 heterocycles. The zero-order valence-corrected chi connectivity index (χ0v) is 16.2. The second-order valence-electron chi connectivity index (χ2n) is 5.93. The summed E-state index contributed by atoms with van der Waals surface area (Å²) >= 11 is 5.99. The van der Waals surface area contributed by atoms with Gasteiger partial charge < -0.3 is 20.1 Å². The van der Waals surface area contributed by atoms with Crippen LogP contribution in [0, 0.1) is 6.92 Å². The standard InChI is InChI=1S/C20H25ClN2O3/c1-14-4-6-16(21)13-17(14)22-11-9-20(24)23-10-8-15-5-7-18(25-2)19(12-15)26-3/h4-7,12-13,22H,8-11H2,1-3H3,(H,23,24). The van der Waals surface area contributed by atoms with E-state index in [-0.39, 0.29) is 5.91 Å². The van der Waals surface area contributed by atoms with Gasteiger partial charge in [-0.05, 0) is 48.7 Å². The van der Waals surface area contributed by atoms with Gasteiger partial charge in [-0.1, -0.05) is 23.7 Å². The molecule has 0 saturated carbocycles. The van der Waals surface area contributed by atoms with Gasteiger partial charge in [0.15, 0.2) is 11.5 Å². The van der Waals surface area contributed by atoms with Gasteiger partial charge in [0.1, 0.15) is 0 Å². The Morgan fingerprint density at radius 3 is 2.54 bits per heavy atom. The van der Waals surface area contributed by atoms with Crippen molar-refractivity contribution in [1.29, 1.82) is 0 Å². The molecule has 0 atom stereocenters. The van der Waals surface area contributed by atoms with Crippen molar-refractivity contribution in [2.45, 2.75) is 19.8 Å². The minimum absolute atomic E-state index is 0.0117. The molecule has 0 aromatic heterocycles. The molecule has 2 N–H and O–H groups in total. The van der Waals surface area contributed by atoms with Gasteiger partial charge >= 0.3 is 0 Å². The molecule has 0 bridgehead atoms. The second kappa shape index (κ2) is 9.92. The predicted octanol–water partition coefficient (Wildman–Crippen LogP) is 3.83. The summed E-state index contributed by atoms with van der Waals surface area (Å²) in [6, 6.07) is 11.4. The van der Waals surface area contributed by atoms with E-state index < -0.39 is 0 Å². The molecule has 26 heavy (non-hydrogen) atoms. The molecule has 0 aliphatic heterocycles. The Morgan fingerprint density at radius 2 is 1.81 bits per heavy atom. The van der Waals surface area contributed by atoms with Crippen LogP contribution in [-0.4, -0.2) is 33.2 Å². The fraction of sp³-hybridized carbons (Fsp3) is 0.350. The number of benzene rings is 2. The number of carbonyl (C=O) groups is 1. The van der Waals surface area contributed by atoms with Gasteiger partial charge in [0.2, 0.25) is 5.91 Å². The second-order valence-corrected chi connectivity index (χ2v) is 6.36. The molecule has 0 fully saturated rings. The fourth-order valence-corrected chi connectivity index (χ4v) is 2.74. The van der Waals surface area contributed by atoms with E-state index in [0.29, 0.717) is 36.0 Å². The van der Waals surface area contributed by atoms with E-state index in [1.165, 1.54) is 0 Å². The number of carbonyl (C=O) groups excluding carboxylic acids is 1. The van der Waals surface area contributed by atoms with E-state index in [2.05, 4.69) is 10.6 Å². The van der Waals surface area contributed by atoms with Crippen molar-refractivity contribution >= 4 is 23.2 Å². The summed E-state index contributed by atoms with van der Waals surface area (Å²) in [4.78, 5) is 12.0. The molecule has 0 radical (unpaired) electrons. The smallest absolute Gasteiger partial charge is 0.221 e. The van der Waals surface area contributed by atoms with Crippen LogP contribution in [0.5, 0.6) is 11.5 Å². The minimum Gasteiger partial charge on any atom is -0.493 e. The molecule has 0 saturated heterocycles. The number of aryl methyl sites for hydroxylation is 1. The summed E-state index contributed by atoms with van der Waals surface area (Å²) in [5.41, 5.74) is 3.13. The number of anilines is 1. The van der Waals surface area contributed by atoms with Crippen molar-refractivity contribution in [2.75, 3.05) is 32.6 Å². The summed E-state index contributed by atoms with van der Waals surface area (Å²) in [6.45, 7) is 3.13. The first-order chi connectivity index (χ1) is 12.5. The van der Waals surface area contributed by atoms with Gasteiger partial charge in [-0.15, -0.1) is 0 Å². The molecule has 2 rings (SSSR count). The van der Waals surface area contributed by atoms with Gasteiger partial charge in [-0.2, -0.15) is 0 Å². The van der Waals surface area contributed by atoms with Gasteiger partial charge in [0.25, 0.3) is 0 Å². The lowest BCUT2D eigenvalue weighted by Crippen LogP contribution is -2.27. The molecule has 0 aliphatic carbocycles. The lowest BCUT2D eigenvalue weighted by molar-refractivity contribution is -0.120. The Labute approximate surface area is 159 Å². The maximum atomic E-state index is 12.0. The van der Waals surface area contributed by atoms with E-state index >= 15 is 0 Å². The minimum atomic E-state index is 0.0117. The topological polar surface area (TPSA) is 59.6 Å². The molecule has 2 aromatic carbocycles. The van der Waals surface area contributed by atoms with E-state index in [0.717, 1.165) is 23.2 Å². The zero-order valence-electron chi connectivity index (χ0n) is 15.4. The van der Waals surface area contributed by atoms with Crippen molar-refractivity contribution in [1.82, 2.24) is 5.32 Å². The number of methoxy groups -OCH3 is 2. The molecular formula is C20H25ClN2O3. The summed E-state index contributed by atoms with van der Waals surface area (Å²) in [5.74, 6) is 1.40. The average molecular weight is 377 g/mol. The van der Waals surface area contributed by atoms with E-state index in [1.54, 1.807) is 14.2 Å². The quantitative estimate of drug-likeness (QED) is 0.698. The highest BCUT2D eigenvalue weighted by atomic mass is 35.5. The number of amides is 1. The molecule has 0 aliphatic rings. The maximum absolute atomic E-state index is 12.0. The molecule has 1 amide bonds. The normalized spacial score (nSPS) is 10.3. The molecule has 2 aromatic rings. The van der Waals surface area contributed by atoms with Crippen molar-refractivity contribution in [2.24, 2.45) is 0 Å². The van der Waals surface area contributed by atoms with Crippen molar-refractivity contribution < 1.29 is 14.3 Å². The number of nitrogens with one attached hydrogen (secondary N) is 2. The number of ether oxygens (including phenoxy) is 2. The lowest BCUT2D eigenvalue weighted by atomic mass is 10.1. The van der Waals surface area contributed by atoms with Crippen LogP contribution in [0.25, 0.3) is 0 Å². The van der Waals surface area contributed by atoms with Crippen molar-refractivity contribution in [3.8, 4) is 11.5 Å². The Hall–Kier alpha value is -2.40. The van der Waals surface area contributed by atoms with E-state index in [9.17, 15) is 4.79 Å². The van der Waals surface area contributed by atoms with Gasteiger partial charge in [-0.3, -0.25) is 4.79 Å². The van der Waals surface area contributed by atoms with E-state index in [4.69, 9.17) is 21.1 Å². The number of hydrogen-bond acceptors (Lipinski definition) is 4. The third-order valence-electron chi connectivity index (χ3n) is 4.05. The van der Waals surface area contributed by atoms with Crippen LogP contribution in [0.4, 0.5) is 5.69 Å². The first-order valence-electron chi connectivity index (χ1n) is 8.51. The maximum Gasteiger partial charge on any atom is 0.221 e. The third-order valence-corrected chi connectivity index (χ3v) is 4.29. The Balaban J connectivity index is 1.73. The summed E-state index contributed by atoms with van der Waals surface area (Å²) in [7, 11) is 3.22. The van der Waals surface area contributed by atoms with Crippen LogP contribution in [0.2, 0.25) is 5.02 Å². The first kappa shape index (κ1) is 19.9. The highest BCUT2D eigenvalue weighted by molar-refractivity contribution is 6.30. The third kappa shape index (κ3) is 5.85. The zero-order chi connectivity index (χ0) is 18.9. The molecule has 5 nitrogen and oxygen atoms in total. The summed E-state index contributed by atoms with van der Waals surface area (Å²) in [5, 5.41) is 6.86. The summed E-state index contributed by atoms with van der Waals surface area (Å²) < 4.78 is 10.5. The largest absolute Gasteiger partial charge is 0.493 e. The molecule has 0 unspecified atom stereocenters. The molecule has 140 valence electrons. The van der Waals surface area contributed by atoms with Crippen LogP contribution in [0.3, 0.4) is 0 Å². The van der Waals surface area contributed by atoms with Crippen LogP contribution in [0.1, 0.15) is 17.5 Å². The molecular weight excluding hydrogens is 352 g/mol. The predicted molar refractivity (Wildman–Crippen MR) is 106 cm³/mol. The highest BCUT2D eigenvalue weighted by Gasteiger charge is 2.06. The first-order valence-corrected chi connectivity index (χ1v) is 8.89. The highest BCUT2D eigenvalue weighted by Crippen LogP contribution is 2.27. The van der Waals surface area contributed by atoms with Crippen LogP contribution in [0.15, 0.2) is 36.4 Å². The van der Waals surface area contributed by atoms with Crippen LogP contribution >= 0.6 is 11.6 Å². The Morgan fingerprint density at radius 1 is 1.04 bits per heavy atom. The lowest BCUT2D eigenvalue weighted by Gasteiger charge is -2.11. The van der Waals surface area contributed by atoms with Crippen molar-refractivity contribution in [3.63, 3.8) is 0 Å². The Kier molecular flexibility index (Phi) is 7.60. The van der Waals surface area contributed by atoms with Crippen LogP contribution in [-0.2, 0) is 11.2 Å². The Bertz CT molecular complexity index is 750. The molecule has 6 heteroatoms. The van der Waals surface area contributed by atoms with Gasteiger partial charge in [0.05, 0.1) is 14.2 Å². The van der Waals surface area contributed by atoms with Gasteiger partial charge in [-0.25, -0.2) is 0 Å². The monoisotopic (exact) mass is 376 g/mol. The number of rotatable bonds is 9. The fourth-order valence-electron chi connectivity index (χ4n) is 2.57. The number of hydrogen-bond donors (Lipinski definition) is 2. The summed E-state index contributed by atoms with van der Waals surface area (Å²) in [6.07, 6.45) is 1.13. The van der Waals surface area contributed by atoms with Crippen LogP contribution < -0.4 is 20.1 Å². The molecule has 0 spiro atoms. The van der Waals surface area contributed by atoms with Gasteiger partial charge in [0, 0.05) is 30.2 Å². The SMILES string of the molecule is COc1ccc(CCNC(=O)CCNc2cc(Cl)ccc2C)cc1OC. The average Bonchev–Trinajstić information content (AvgIpc) is 2.64. The number of halogens is 1. The van der Waals surface area contributed by atoms with E-state index in [1.807, 2.05) is 43.3 Å².